The fraction of sp³-hybridized carbons (Fsp3) is 0.750. The fourth-order valence-electron chi connectivity index (χ4n) is 2.71. The van der Waals surface area contributed by atoms with Crippen LogP contribution in [0.15, 0.2) is 0 Å². The molecule has 9 heteroatoms. The fourth-order valence-corrected chi connectivity index (χ4v) is 3.29. The number of rotatable bonds is 5. The number of anilines is 1. The van der Waals surface area contributed by atoms with Gasteiger partial charge in [0.2, 0.25) is 11.0 Å². The van der Waals surface area contributed by atoms with Crippen LogP contribution in [0.2, 0.25) is 0 Å². The molecular weight excluding hydrogens is 307 g/mol. The number of carbonyl (C=O) groups is 1. The minimum absolute atomic E-state index is 0.0188. The summed E-state index contributed by atoms with van der Waals surface area (Å²) in [7, 11) is 0. The molecule has 1 saturated carbocycles. The summed E-state index contributed by atoms with van der Waals surface area (Å²) >= 11 is 0.643. The number of halogens is 3. The van der Waals surface area contributed by atoms with Gasteiger partial charge in [0, 0.05) is 18.1 Å². The molecule has 0 aromatic carbocycles. The lowest BCUT2D eigenvalue weighted by Gasteiger charge is -2.36. The van der Waals surface area contributed by atoms with E-state index in [0.717, 1.165) is 32.1 Å². The molecule has 1 aliphatic rings. The van der Waals surface area contributed by atoms with Crippen LogP contribution in [0.4, 0.5) is 18.3 Å². The molecule has 0 atom stereocenters. The van der Waals surface area contributed by atoms with Crippen molar-refractivity contribution in [3.8, 4) is 0 Å². The normalized spacial score (nSPS) is 18.4. The monoisotopic (exact) mass is 323 g/mol. The van der Waals surface area contributed by atoms with E-state index in [1.54, 1.807) is 0 Å². The number of hydrogen-bond acceptors (Lipinski definition) is 5. The third kappa shape index (κ3) is 4.29. The number of nitrogens with one attached hydrogen (secondary N) is 1. The van der Waals surface area contributed by atoms with E-state index in [2.05, 4.69) is 14.7 Å². The number of aromatic nitrogens is 2. The molecule has 1 aliphatic carbocycles. The first-order valence-electron chi connectivity index (χ1n) is 6.67. The van der Waals surface area contributed by atoms with Gasteiger partial charge >= 0.3 is 12.1 Å². The second-order valence-electron chi connectivity index (χ2n) is 5.41. The van der Waals surface area contributed by atoms with Crippen molar-refractivity contribution in [1.29, 1.82) is 0 Å². The van der Waals surface area contributed by atoms with Gasteiger partial charge in [-0.2, -0.15) is 22.5 Å². The Hall–Kier alpha value is -1.38. The van der Waals surface area contributed by atoms with Gasteiger partial charge in [0.15, 0.2) is 0 Å². The molecule has 2 rings (SSSR count). The van der Waals surface area contributed by atoms with Crippen LogP contribution in [0, 0.1) is 5.41 Å². The molecule has 0 spiro atoms. The molecule has 0 saturated heterocycles. The highest BCUT2D eigenvalue weighted by molar-refractivity contribution is 7.09. The van der Waals surface area contributed by atoms with Crippen LogP contribution in [-0.2, 0) is 11.0 Å². The molecule has 118 valence electrons. The maximum Gasteiger partial charge on any atom is 0.452 e. The lowest BCUT2D eigenvalue weighted by atomic mass is 9.72. The van der Waals surface area contributed by atoms with Gasteiger partial charge in [0.05, 0.1) is 6.42 Å². The Kier molecular flexibility index (Phi) is 4.70. The number of aliphatic carboxylic acids is 1. The highest BCUT2D eigenvalue weighted by Gasteiger charge is 2.37. The number of carboxylic acids is 1. The van der Waals surface area contributed by atoms with Crippen molar-refractivity contribution in [2.45, 2.75) is 44.7 Å². The molecule has 1 fully saturated rings. The van der Waals surface area contributed by atoms with Gasteiger partial charge in [-0.1, -0.05) is 19.3 Å². The summed E-state index contributed by atoms with van der Waals surface area (Å²) < 4.78 is 40.5. The number of hydrogen-bond donors (Lipinski definition) is 2. The average Bonchev–Trinajstić information content (AvgIpc) is 2.85. The Balaban J connectivity index is 2.01. The van der Waals surface area contributed by atoms with Crippen molar-refractivity contribution < 1.29 is 23.1 Å². The van der Waals surface area contributed by atoms with Crippen LogP contribution >= 0.6 is 11.5 Å². The van der Waals surface area contributed by atoms with E-state index in [0.29, 0.717) is 18.1 Å². The van der Waals surface area contributed by atoms with Gasteiger partial charge in [-0.3, -0.25) is 4.79 Å². The molecule has 0 bridgehead atoms. The van der Waals surface area contributed by atoms with Crippen LogP contribution < -0.4 is 5.32 Å². The lowest BCUT2D eigenvalue weighted by Crippen LogP contribution is -2.34. The Morgan fingerprint density at radius 3 is 2.52 bits per heavy atom. The molecule has 0 radical (unpaired) electrons. The highest BCUT2D eigenvalue weighted by atomic mass is 32.1. The molecule has 5 nitrogen and oxygen atoms in total. The second kappa shape index (κ2) is 6.17. The van der Waals surface area contributed by atoms with Crippen LogP contribution in [-0.4, -0.2) is 27.0 Å². The number of alkyl halides is 3. The molecule has 21 heavy (non-hydrogen) atoms. The minimum Gasteiger partial charge on any atom is -0.481 e. The Labute approximate surface area is 123 Å². The predicted molar refractivity (Wildman–Crippen MR) is 71.2 cm³/mol. The molecular formula is C12H16F3N3O2S. The quantitative estimate of drug-likeness (QED) is 0.868. The van der Waals surface area contributed by atoms with Gasteiger partial charge in [0.25, 0.3) is 0 Å². The van der Waals surface area contributed by atoms with E-state index < -0.39 is 23.4 Å². The summed E-state index contributed by atoms with van der Waals surface area (Å²) in [5, 5.41) is 12.0. The molecule has 0 amide bonds. The summed E-state index contributed by atoms with van der Waals surface area (Å²) in [5.74, 6) is -2.04. The van der Waals surface area contributed by atoms with Crippen molar-refractivity contribution in [3.63, 3.8) is 0 Å². The lowest BCUT2D eigenvalue weighted by molar-refractivity contribution is -0.144. The third-order valence-corrected chi connectivity index (χ3v) is 4.41. The van der Waals surface area contributed by atoms with E-state index in [9.17, 15) is 18.0 Å². The summed E-state index contributed by atoms with van der Waals surface area (Å²) in [6.07, 6.45) is -0.0599. The maximum absolute atomic E-state index is 12.4. The van der Waals surface area contributed by atoms with Crippen LogP contribution in [0.5, 0.6) is 0 Å². The smallest absolute Gasteiger partial charge is 0.452 e. The second-order valence-corrected chi connectivity index (χ2v) is 6.16. The third-order valence-electron chi connectivity index (χ3n) is 3.73. The van der Waals surface area contributed by atoms with Gasteiger partial charge in [-0.05, 0) is 18.3 Å². The van der Waals surface area contributed by atoms with Crippen LogP contribution in [0.25, 0.3) is 0 Å². The predicted octanol–water partition coefficient (Wildman–Crippen LogP) is 3.39. The molecule has 0 aliphatic heterocycles. The van der Waals surface area contributed by atoms with Gasteiger partial charge in [0.1, 0.15) is 0 Å². The van der Waals surface area contributed by atoms with E-state index in [1.165, 1.54) is 0 Å². The Morgan fingerprint density at radius 2 is 2.00 bits per heavy atom. The first-order chi connectivity index (χ1) is 9.81. The number of nitrogens with zero attached hydrogens (tertiary/aromatic N) is 2. The summed E-state index contributed by atoms with van der Waals surface area (Å²) in [6, 6.07) is 0. The molecule has 0 unspecified atom stereocenters. The highest BCUT2D eigenvalue weighted by Crippen LogP contribution is 2.39. The van der Waals surface area contributed by atoms with Gasteiger partial charge in [-0.15, -0.1) is 0 Å². The van der Waals surface area contributed by atoms with Crippen molar-refractivity contribution in [2.75, 3.05) is 11.9 Å². The molecule has 1 aromatic heterocycles. The maximum atomic E-state index is 12.4. The zero-order valence-corrected chi connectivity index (χ0v) is 12.1. The van der Waals surface area contributed by atoms with Crippen LogP contribution in [0.3, 0.4) is 0 Å². The van der Waals surface area contributed by atoms with E-state index in [4.69, 9.17) is 5.11 Å². The standard InChI is InChI=1S/C12H16F3N3O2S/c13-12(14,15)9-17-10(21-18-9)16-7-11(6-8(19)20)4-2-1-3-5-11/h1-7H2,(H,19,20)(H,16,17,18). The van der Waals surface area contributed by atoms with Crippen molar-refractivity contribution in [2.24, 2.45) is 5.41 Å². The van der Waals surface area contributed by atoms with E-state index in [1.807, 2.05) is 0 Å². The summed E-state index contributed by atoms with van der Waals surface area (Å²) in [5.41, 5.74) is -0.409. The van der Waals surface area contributed by atoms with Crippen molar-refractivity contribution in [1.82, 2.24) is 9.36 Å². The zero-order valence-electron chi connectivity index (χ0n) is 11.2. The Bertz CT molecular complexity index is 498. The van der Waals surface area contributed by atoms with E-state index >= 15 is 0 Å². The molecule has 1 aromatic rings. The summed E-state index contributed by atoms with van der Waals surface area (Å²) in [6.45, 7) is 0.311. The Morgan fingerprint density at radius 1 is 1.33 bits per heavy atom. The minimum atomic E-state index is -4.56. The average molecular weight is 323 g/mol. The van der Waals surface area contributed by atoms with Gasteiger partial charge in [-0.25, -0.2) is 0 Å². The molecule has 2 N–H and O–H groups in total. The van der Waals surface area contributed by atoms with Crippen LogP contribution in [0.1, 0.15) is 44.3 Å². The largest absolute Gasteiger partial charge is 0.481 e. The zero-order chi connectivity index (χ0) is 15.5. The molecule has 1 heterocycles. The number of carboxylic acid groups (broad SMARTS) is 1. The SMILES string of the molecule is O=C(O)CC1(CNc2nc(C(F)(F)F)ns2)CCCCC1. The topological polar surface area (TPSA) is 75.1 Å². The van der Waals surface area contributed by atoms with Gasteiger partial charge < -0.3 is 10.4 Å². The first-order valence-corrected chi connectivity index (χ1v) is 7.45. The first kappa shape index (κ1) is 16.0. The van der Waals surface area contributed by atoms with Crippen molar-refractivity contribution in [3.05, 3.63) is 5.82 Å². The van der Waals surface area contributed by atoms with E-state index in [-0.39, 0.29) is 11.6 Å². The van der Waals surface area contributed by atoms with Crippen molar-refractivity contribution >= 4 is 22.6 Å². The summed E-state index contributed by atoms with van der Waals surface area (Å²) in [4.78, 5) is 14.4.